The van der Waals surface area contributed by atoms with Crippen LogP contribution in [0.3, 0.4) is 0 Å². The van der Waals surface area contributed by atoms with Crippen LogP contribution in [-0.2, 0) is 20.9 Å². The Labute approximate surface area is 165 Å². The number of ether oxygens (including phenoxy) is 1. The van der Waals surface area contributed by atoms with Crippen LogP contribution in [0.15, 0.2) is 42.5 Å². The molecule has 2 saturated carbocycles. The van der Waals surface area contributed by atoms with Crippen molar-refractivity contribution in [3.8, 4) is 0 Å². The molecule has 2 aliphatic rings. The average Bonchev–Trinajstić information content (AvgIpc) is 3.22. The SMILES string of the molecule is CC[C@H]1C[C@]1(NC(=O)[C@H]1CC[C@H](OCc2cccc3ccccc23)C1)C(=O)O. The maximum Gasteiger partial charge on any atom is 0.329 e. The van der Waals surface area contributed by atoms with Crippen LogP contribution in [0.4, 0.5) is 0 Å². The van der Waals surface area contributed by atoms with Crippen LogP contribution in [0.2, 0.25) is 0 Å². The van der Waals surface area contributed by atoms with Crippen LogP contribution in [0.5, 0.6) is 0 Å². The van der Waals surface area contributed by atoms with Crippen molar-refractivity contribution < 1.29 is 19.4 Å². The first-order valence-corrected chi connectivity index (χ1v) is 10.2. The van der Waals surface area contributed by atoms with E-state index in [9.17, 15) is 14.7 Å². The molecule has 0 aromatic heterocycles. The third-order valence-electron chi connectivity index (χ3n) is 6.44. The van der Waals surface area contributed by atoms with Crippen LogP contribution in [-0.4, -0.2) is 28.6 Å². The molecule has 2 aliphatic carbocycles. The van der Waals surface area contributed by atoms with E-state index in [1.54, 1.807) is 0 Å². The quantitative estimate of drug-likeness (QED) is 0.763. The van der Waals surface area contributed by atoms with E-state index < -0.39 is 11.5 Å². The lowest BCUT2D eigenvalue weighted by Gasteiger charge is -2.18. The standard InChI is InChI=1S/C23H27NO4/c1-2-18-13-23(18,22(26)27)24-21(25)16-10-11-19(12-16)28-14-17-8-5-7-15-6-3-4-9-20(15)17/h3-9,16,18-19H,2,10-14H2,1H3,(H,24,25)(H,26,27)/t16-,18-,19-,23+/m0/s1. The van der Waals surface area contributed by atoms with E-state index in [2.05, 4.69) is 29.6 Å². The molecule has 0 bridgehead atoms. The van der Waals surface area contributed by atoms with Crippen molar-refractivity contribution in [3.63, 3.8) is 0 Å². The first-order chi connectivity index (χ1) is 13.5. The number of rotatable bonds is 7. The summed E-state index contributed by atoms with van der Waals surface area (Å²) in [6.07, 6.45) is 3.59. The van der Waals surface area contributed by atoms with Crippen molar-refractivity contribution in [3.05, 3.63) is 48.0 Å². The van der Waals surface area contributed by atoms with E-state index >= 15 is 0 Å². The molecule has 28 heavy (non-hydrogen) atoms. The smallest absolute Gasteiger partial charge is 0.329 e. The number of carbonyl (C=O) groups is 2. The Balaban J connectivity index is 1.33. The van der Waals surface area contributed by atoms with Gasteiger partial charge in [0.1, 0.15) is 5.54 Å². The second-order valence-electron chi connectivity index (χ2n) is 8.16. The third kappa shape index (κ3) is 3.51. The van der Waals surface area contributed by atoms with Gasteiger partial charge in [0.15, 0.2) is 0 Å². The molecular formula is C23H27NO4. The summed E-state index contributed by atoms with van der Waals surface area (Å²) in [7, 11) is 0. The maximum absolute atomic E-state index is 12.6. The molecule has 2 fully saturated rings. The highest BCUT2D eigenvalue weighted by atomic mass is 16.5. The van der Waals surface area contributed by atoms with Gasteiger partial charge in [-0.3, -0.25) is 4.79 Å². The fraction of sp³-hybridized carbons (Fsp3) is 0.478. The zero-order valence-electron chi connectivity index (χ0n) is 16.2. The van der Waals surface area contributed by atoms with Gasteiger partial charge in [0.2, 0.25) is 5.91 Å². The van der Waals surface area contributed by atoms with Gasteiger partial charge < -0.3 is 15.2 Å². The van der Waals surface area contributed by atoms with Crippen LogP contribution in [0.25, 0.3) is 10.8 Å². The number of hydrogen-bond donors (Lipinski definition) is 2. The first-order valence-electron chi connectivity index (χ1n) is 10.2. The summed E-state index contributed by atoms with van der Waals surface area (Å²) >= 11 is 0. The number of hydrogen-bond acceptors (Lipinski definition) is 3. The molecule has 0 unspecified atom stereocenters. The van der Waals surface area contributed by atoms with Crippen molar-refractivity contribution in [2.45, 2.75) is 57.3 Å². The van der Waals surface area contributed by atoms with Gasteiger partial charge >= 0.3 is 5.97 Å². The lowest BCUT2D eigenvalue weighted by molar-refractivity contribution is -0.144. The lowest BCUT2D eigenvalue weighted by Crippen LogP contribution is -2.47. The predicted octanol–water partition coefficient (Wildman–Crippen LogP) is 3.89. The van der Waals surface area contributed by atoms with Gasteiger partial charge in [-0.2, -0.15) is 0 Å². The minimum absolute atomic E-state index is 0.0386. The maximum atomic E-state index is 12.6. The van der Waals surface area contributed by atoms with Crippen LogP contribution >= 0.6 is 0 Å². The Morgan fingerprint density at radius 1 is 1.18 bits per heavy atom. The van der Waals surface area contributed by atoms with Crippen LogP contribution in [0, 0.1) is 11.8 Å². The van der Waals surface area contributed by atoms with E-state index in [1.807, 2.05) is 25.1 Å². The molecule has 0 aliphatic heterocycles. The predicted molar refractivity (Wildman–Crippen MR) is 107 cm³/mol. The van der Waals surface area contributed by atoms with Crippen molar-refractivity contribution in [2.75, 3.05) is 0 Å². The molecule has 4 atom stereocenters. The van der Waals surface area contributed by atoms with Crippen molar-refractivity contribution in [1.82, 2.24) is 5.32 Å². The molecule has 0 heterocycles. The second kappa shape index (κ2) is 7.55. The van der Waals surface area contributed by atoms with Gasteiger partial charge in [-0.1, -0.05) is 55.8 Å². The minimum atomic E-state index is -1.03. The summed E-state index contributed by atoms with van der Waals surface area (Å²) in [4.78, 5) is 24.2. The lowest BCUT2D eigenvalue weighted by atomic mass is 10.0. The molecule has 1 amide bonds. The van der Waals surface area contributed by atoms with Gasteiger partial charge in [-0.05, 0) is 47.9 Å². The molecule has 4 rings (SSSR count). The highest BCUT2D eigenvalue weighted by Crippen LogP contribution is 2.46. The number of amides is 1. The molecule has 0 saturated heterocycles. The Hall–Kier alpha value is -2.40. The Morgan fingerprint density at radius 3 is 2.71 bits per heavy atom. The molecule has 0 radical (unpaired) electrons. The van der Waals surface area contributed by atoms with E-state index in [1.165, 1.54) is 10.8 Å². The van der Waals surface area contributed by atoms with Crippen molar-refractivity contribution in [1.29, 1.82) is 0 Å². The van der Waals surface area contributed by atoms with Crippen LogP contribution in [0.1, 0.15) is 44.6 Å². The summed E-state index contributed by atoms with van der Waals surface area (Å²) < 4.78 is 6.12. The summed E-state index contributed by atoms with van der Waals surface area (Å²) in [5.74, 6) is -1.15. The molecule has 0 spiro atoms. The largest absolute Gasteiger partial charge is 0.479 e. The summed E-state index contributed by atoms with van der Waals surface area (Å²) in [5.41, 5.74) is 0.118. The Bertz CT molecular complexity index is 890. The zero-order chi connectivity index (χ0) is 19.7. The number of benzene rings is 2. The van der Waals surface area contributed by atoms with Gasteiger partial charge in [0.05, 0.1) is 12.7 Å². The summed E-state index contributed by atoms with van der Waals surface area (Å²) in [6, 6.07) is 14.5. The average molecular weight is 381 g/mol. The van der Waals surface area contributed by atoms with E-state index in [0.717, 1.165) is 24.8 Å². The molecule has 2 aromatic rings. The zero-order valence-corrected chi connectivity index (χ0v) is 16.2. The highest BCUT2D eigenvalue weighted by molar-refractivity contribution is 5.91. The molecule has 148 valence electrons. The first kappa shape index (κ1) is 18.9. The Kier molecular flexibility index (Phi) is 5.11. The van der Waals surface area contributed by atoms with Crippen LogP contribution < -0.4 is 5.32 Å². The van der Waals surface area contributed by atoms with E-state index in [0.29, 0.717) is 19.4 Å². The number of carbonyl (C=O) groups excluding carboxylic acids is 1. The topological polar surface area (TPSA) is 75.6 Å². The molecular weight excluding hydrogens is 354 g/mol. The number of carboxylic acids is 1. The summed E-state index contributed by atoms with van der Waals surface area (Å²) in [5, 5.41) is 14.7. The molecule has 5 nitrogen and oxygen atoms in total. The van der Waals surface area contributed by atoms with E-state index in [-0.39, 0.29) is 23.8 Å². The molecule has 5 heteroatoms. The third-order valence-corrected chi connectivity index (χ3v) is 6.44. The molecule has 2 aromatic carbocycles. The normalized spacial score (nSPS) is 29.0. The van der Waals surface area contributed by atoms with Gasteiger partial charge in [0, 0.05) is 5.92 Å². The van der Waals surface area contributed by atoms with Crippen molar-refractivity contribution in [2.24, 2.45) is 11.8 Å². The number of nitrogens with one attached hydrogen (secondary N) is 1. The van der Waals surface area contributed by atoms with E-state index in [4.69, 9.17) is 4.74 Å². The monoisotopic (exact) mass is 381 g/mol. The van der Waals surface area contributed by atoms with Gasteiger partial charge in [0.25, 0.3) is 0 Å². The molecule has 2 N–H and O–H groups in total. The van der Waals surface area contributed by atoms with Gasteiger partial charge in [-0.15, -0.1) is 0 Å². The Morgan fingerprint density at radius 2 is 1.96 bits per heavy atom. The fourth-order valence-electron chi connectivity index (χ4n) is 4.57. The van der Waals surface area contributed by atoms with Gasteiger partial charge in [-0.25, -0.2) is 4.79 Å². The number of fused-ring (bicyclic) bond motifs is 1. The second-order valence-corrected chi connectivity index (χ2v) is 8.16. The number of carboxylic acid groups (broad SMARTS) is 1. The minimum Gasteiger partial charge on any atom is -0.479 e. The fourth-order valence-corrected chi connectivity index (χ4v) is 4.57. The van der Waals surface area contributed by atoms with Crippen molar-refractivity contribution >= 4 is 22.6 Å². The summed E-state index contributed by atoms with van der Waals surface area (Å²) in [6.45, 7) is 2.49. The highest BCUT2D eigenvalue weighted by Gasteiger charge is 2.61. The number of aliphatic carboxylic acids is 1.